The molecule has 2 saturated carbocycles. The minimum atomic E-state index is -0.627. The van der Waals surface area contributed by atoms with Crippen LogP contribution in [0.1, 0.15) is 57.6 Å². The topological polar surface area (TPSA) is 115 Å². The first kappa shape index (κ1) is 25.7. The average Bonchev–Trinajstić information content (AvgIpc) is 3.69. The number of pyridine rings is 2. The van der Waals surface area contributed by atoms with Gasteiger partial charge >= 0.3 is 5.76 Å². The zero-order valence-corrected chi connectivity index (χ0v) is 23.7. The molecule has 0 bridgehead atoms. The van der Waals surface area contributed by atoms with Crippen LogP contribution in [-0.2, 0) is 11.3 Å². The summed E-state index contributed by atoms with van der Waals surface area (Å²) in [6.07, 6.45) is 10.1. The highest BCUT2D eigenvalue weighted by Gasteiger charge is 2.39. The Morgan fingerprint density at radius 2 is 1.98 bits per heavy atom. The fourth-order valence-electron chi connectivity index (χ4n) is 6.88. The van der Waals surface area contributed by atoms with Gasteiger partial charge in [-0.2, -0.15) is 0 Å². The lowest BCUT2D eigenvalue weighted by atomic mass is 9.83. The lowest BCUT2D eigenvalue weighted by molar-refractivity contribution is 0.0247. The quantitative estimate of drug-likeness (QED) is 0.344. The van der Waals surface area contributed by atoms with Gasteiger partial charge in [-0.3, -0.25) is 14.5 Å². The lowest BCUT2D eigenvalue weighted by Crippen LogP contribution is -2.49. The summed E-state index contributed by atoms with van der Waals surface area (Å²) in [7, 11) is 0. The number of hydrogen-bond acceptors (Lipinski definition) is 8. The molecule has 5 heterocycles. The van der Waals surface area contributed by atoms with Crippen LogP contribution in [0.2, 0.25) is 5.02 Å². The fraction of sp³-hybridized carbons (Fsp3) is 0.552. The molecule has 2 atom stereocenters. The number of aromatic amines is 1. The zero-order chi connectivity index (χ0) is 27.4. The molecule has 2 aliphatic carbocycles. The molecule has 3 fully saturated rings. The Bertz CT molecular complexity index is 1600. The maximum absolute atomic E-state index is 11.8. The molecule has 1 saturated heterocycles. The molecule has 0 unspecified atom stereocenters. The first-order valence-electron chi connectivity index (χ1n) is 14.4. The van der Waals surface area contributed by atoms with Crippen molar-refractivity contribution in [1.82, 2.24) is 29.7 Å². The van der Waals surface area contributed by atoms with E-state index in [9.17, 15) is 4.79 Å². The van der Waals surface area contributed by atoms with Gasteiger partial charge in [-0.15, -0.1) is 0 Å². The van der Waals surface area contributed by atoms with Crippen LogP contribution in [-0.4, -0.2) is 55.0 Å². The highest BCUT2D eigenvalue weighted by atomic mass is 35.5. The predicted molar refractivity (Wildman–Crippen MR) is 152 cm³/mol. The third-order valence-corrected chi connectivity index (χ3v) is 9.22. The van der Waals surface area contributed by atoms with Crippen molar-refractivity contribution < 1.29 is 9.26 Å². The van der Waals surface area contributed by atoms with Crippen molar-refractivity contribution >= 4 is 28.6 Å². The second kappa shape index (κ2) is 10.3. The largest absolute Gasteiger partial charge is 0.439 e. The Labute approximate surface area is 237 Å². The Morgan fingerprint density at radius 1 is 1.12 bits per heavy atom. The van der Waals surface area contributed by atoms with Crippen LogP contribution < -0.4 is 10.7 Å². The van der Waals surface area contributed by atoms with E-state index in [0.29, 0.717) is 29.3 Å². The number of imidazole rings is 1. The molecule has 11 heteroatoms. The number of halogens is 1. The van der Waals surface area contributed by atoms with Crippen LogP contribution in [0.15, 0.2) is 27.6 Å². The second-order valence-corrected chi connectivity index (χ2v) is 12.1. The van der Waals surface area contributed by atoms with Gasteiger partial charge in [0, 0.05) is 30.5 Å². The summed E-state index contributed by atoms with van der Waals surface area (Å²) >= 11 is 6.47. The van der Waals surface area contributed by atoms with E-state index in [4.69, 9.17) is 30.8 Å². The summed E-state index contributed by atoms with van der Waals surface area (Å²) < 4.78 is 13.4. The van der Waals surface area contributed by atoms with Crippen LogP contribution in [0.25, 0.3) is 33.8 Å². The lowest BCUT2D eigenvalue weighted by Gasteiger charge is -2.39. The number of aryl methyl sites for hydroxylation is 1. The molecule has 0 radical (unpaired) electrons. The van der Waals surface area contributed by atoms with Gasteiger partial charge < -0.3 is 14.2 Å². The molecule has 7 rings (SSSR count). The van der Waals surface area contributed by atoms with E-state index in [0.717, 1.165) is 72.2 Å². The first-order valence-corrected chi connectivity index (χ1v) is 14.8. The standard InChI is InChI=1S/C29H34ClN7O3/c1-16-6-8-18(9-7-16)15-37-26-21(33-28(37)36-10-11-39-24-5-3-4-23(24)36)13-22(27-34-29(38)40-35-27)32-25(26)20-12-19(30)14-31-17(20)2/h12-14,16,18,23-24H,3-11,15H2,1-2H3,(H,34,35,38)/t16?,18?,23-,24-/m0/s1. The van der Waals surface area contributed by atoms with Gasteiger partial charge in [-0.1, -0.05) is 36.5 Å². The van der Waals surface area contributed by atoms with E-state index in [-0.39, 0.29) is 11.9 Å². The molecule has 1 N–H and O–H groups in total. The highest BCUT2D eigenvalue weighted by Crippen LogP contribution is 2.40. The van der Waals surface area contributed by atoms with Gasteiger partial charge in [0.25, 0.3) is 0 Å². The minimum absolute atomic E-state index is 0.241. The first-order chi connectivity index (χ1) is 19.4. The van der Waals surface area contributed by atoms with Gasteiger partial charge in [-0.25, -0.2) is 14.8 Å². The van der Waals surface area contributed by atoms with Gasteiger partial charge in [0.15, 0.2) is 0 Å². The van der Waals surface area contributed by atoms with E-state index in [2.05, 4.69) is 31.5 Å². The smallest absolute Gasteiger partial charge is 0.374 e. The molecule has 210 valence electrons. The monoisotopic (exact) mass is 563 g/mol. The molecule has 3 aliphatic rings. The third kappa shape index (κ3) is 4.60. The molecular weight excluding hydrogens is 530 g/mol. The van der Waals surface area contributed by atoms with Crippen molar-refractivity contribution in [2.45, 2.75) is 77.5 Å². The number of aromatic nitrogens is 6. The van der Waals surface area contributed by atoms with Gasteiger partial charge in [0.1, 0.15) is 5.69 Å². The number of H-pyrrole nitrogens is 1. The van der Waals surface area contributed by atoms with Crippen LogP contribution in [0.3, 0.4) is 0 Å². The summed E-state index contributed by atoms with van der Waals surface area (Å²) in [6.45, 7) is 6.68. The Morgan fingerprint density at radius 3 is 2.77 bits per heavy atom. The predicted octanol–water partition coefficient (Wildman–Crippen LogP) is 5.38. The van der Waals surface area contributed by atoms with Crippen LogP contribution in [0, 0.1) is 18.8 Å². The summed E-state index contributed by atoms with van der Waals surface area (Å²) in [6, 6.07) is 4.12. The number of nitrogens with one attached hydrogen (secondary N) is 1. The Kier molecular flexibility index (Phi) is 6.62. The van der Waals surface area contributed by atoms with Crippen molar-refractivity contribution in [2.75, 3.05) is 18.1 Å². The second-order valence-electron chi connectivity index (χ2n) is 11.7. The molecule has 4 aromatic rings. The normalized spacial score (nSPS) is 25.0. The van der Waals surface area contributed by atoms with Gasteiger partial charge in [0.2, 0.25) is 11.8 Å². The molecule has 40 heavy (non-hydrogen) atoms. The summed E-state index contributed by atoms with van der Waals surface area (Å²) in [5.41, 5.74) is 4.60. The number of fused-ring (bicyclic) bond motifs is 2. The van der Waals surface area contributed by atoms with Crippen molar-refractivity contribution in [3.8, 4) is 22.8 Å². The average molecular weight is 564 g/mol. The molecular formula is C29H34ClN7O3. The highest BCUT2D eigenvalue weighted by molar-refractivity contribution is 6.30. The number of rotatable bonds is 5. The number of anilines is 1. The Hall–Kier alpha value is -3.24. The van der Waals surface area contributed by atoms with Crippen molar-refractivity contribution in [1.29, 1.82) is 0 Å². The van der Waals surface area contributed by atoms with E-state index in [1.807, 2.05) is 19.1 Å². The summed E-state index contributed by atoms with van der Waals surface area (Å²) in [4.78, 5) is 31.8. The summed E-state index contributed by atoms with van der Waals surface area (Å²) in [5.74, 6) is 1.94. The van der Waals surface area contributed by atoms with E-state index >= 15 is 0 Å². The van der Waals surface area contributed by atoms with E-state index in [1.165, 1.54) is 25.7 Å². The van der Waals surface area contributed by atoms with Crippen molar-refractivity contribution in [3.63, 3.8) is 0 Å². The molecule has 4 aromatic heterocycles. The zero-order valence-electron chi connectivity index (χ0n) is 22.9. The van der Waals surface area contributed by atoms with Gasteiger partial charge in [-0.05, 0) is 63.0 Å². The maximum Gasteiger partial charge on any atom is 0.439 e. The van der Waals surface area contributed by atoms with Crippen LogP contribution in [0.5, 0.6) is 0 Å². The van der Waals surface area contributed by atoms with E-state index in [1.54, 1.807) is 6.20 Å². The van der Waals surface area contributed by atoms with Gasteiger partial charge in [0.05, 0.1) is 40.5 Å². The number of morpholine rings is 1. The molecule has 0 spiro atoms. The molecule has 1 aliphatic heterocycles. The van der Waals surface area contributed by atoms with Crippen molar-refractivity contribution in [3.05, 3.63) is 39.6 Å². The molecule has 0 amide bonds. The van der Waals surface area contributed by atoms with Crippen LogP contribution in [0.4, 0.5) is 5.95 Å². The molecule has 0 aromatic carbocycles. The number of nitrogens with zero attached hydrogens (tertiary/aromatic N) is 6. The molecule has 10 nitrogen and oxygen atoms in total. The number of hydrogen-bond donors (Lipinski definition) is 1. The maximum atomic E-state index is 11.8. The fourth-order valence-corrected chi connectivity index (χ4v) is 7.03. The summed E-state index contributed by atoms with van der Waals surface area (Å²) in [5, 5.41) is 4.45. The van der Waals surface area contributed by atoms with Crippen LogP contribution >= 0.6 is 11.6 Å². The SMILES string of the molecule is Cc1ncc(Cl)cc1-c1nc(-c2noc(=O)[nH]2)cc2nc(N3CCO[C@H]4CCC[C@@H]43)n(CC3CCC(C)CC3)c12. The van der Waals surface area contributed by atoms with E-state index < -0.39 is 5.76 Å². The number of ether oxygens (including phenoxy) is 1. The minimum Gasteiger partial charge on any atom is -0.374 e. The Balaban J connectivity index is 1.46. The third-order valence-electron chi connectivity index (χ3n) is 9.01. The van der Waals surface area contributed by atoms with Crippen molar-refractivity contribution in [2.24, 2.45) is 11.8 Å².